The number of carbonyl (C=O) groups excluding carboxylic acids is 1. The van der Waals surface area contributed by atoms with Crippen LogP contribution < -0.4 is 5.32 Å². The second-order valence-electron chi connectivity index (χ2n) is 5.58. The van der Waals surface area contributed by atoms with Crippen LogP contribution in [0.5, 0.6) is 0 Å². The molecule has 1 fully saturated rings. The van der Waals surface area contributed by atoms with Crippen LogP contribution in [0.4, 0.5) is 5.82 Å². The first-order chi connectivity index (χ1) is 11.2. The molecular formula is C17H25N3O2S. The lowest BCUT2D eigenvalue weighted by Crippen LogP contribution is -2.20. The number of rotatable bonds is 6. The molecule has 23 heavy (non-hydrogen) atoms. The molecule has 5 nitrogen and oxygen atoms in total. The SMILES string of the molecule is CCOC(=O)/C=C/c1cnc(SC)nc1NC1CCCCCC1. The van der Waals surface area contributed by atoms with Gasteiger partial charge in [0.25, 0.3) is 0 Å². The minimum absolute atomic E-state index is 0.346. The van der Waals surface area contributed by atoms with Crippen LogP contribution in [0.3, 0.4) is 0 Å². The summed E-state index contributed by atoms with van der Waals surface area (Å²) in [7, 11) is 0. The predicted octanol–water partition coefficient (Wildman–Crippen LogP) is 3.91. The number of hydrogen-bond acceptors (Lipinski definition) is 6. The first-order valence-corrected chi connectivity index (χ1v) is 9.47. The Bertz CT molecular complexity index is 541. The molecule has 2 rings (SSSR count). The molecule has 0 aromatic carbocycles. The maximum absolute atomic E-state index is 11.5. The van der Waals surface area contributed by atoms with Gasteiger partial charge in [-0.1, -0.05) is 37.4 Å². The van der Waals surface area contributed by atoms with Crippen LogP contribution in [0.25, 0.3) is 6.08 Å². The molecule has 0 spiro atoms. The summed E-state index contributed by atoms with van der Waals surface area (Å²) in [4.78, 5) is 20.4. The largest absolute Gasteiger partial charge is 0.463 e. The fourth-order valence-electron chi connectivity index (χ4n) is 2.68. The maximum atomic E-state index is 11.5. The minimum Gasteiger partial charge on any atom is -0.463 e. The highest BCUT2D eigenvalue weighted by molar-refractivity contribution is 7.98. The zero-order chi connectivity index (χ0) is 16.5. The number of ether oxygens (including phenoxy) is 1. The van der Waals surface area contributed by atoms with Crippen molar-refractivity contribution in [1.29, 1.82) is 0 Å². The van der Waals surface area contributed by atoms with Crippen LogP contribution in [0.2, 0.25) is 0 Å². The van der Waals surface area contributed by atoms with E-state index in [9.17, 15) is 4.79 Å². The molecule has 1 aromatic rings. The van der Waals surface area contributed by atoms with E-state index >= 15 is 0 Å². The summed E-state index contributed by atoms with van der Waals surface area (Å²) in [6.07, 6.45) is 14.3. The lowest BCUT2D eigenvalue weighted by molar-refractivity contribution is -0.137. The van der Waals surface area contributed by atoms with Gasteiger partial charge in [-0.05, 0) is 32.1 Å². The number of esters is 1. The third kappa shape index (κ3) is 5.86. The van der Waals surface area contributed by atoms with Crippen molar-refractivity contribution in [2.45, 2.75) is 56.6 Å². The number of hydrogen-bond donors (Lipinski definition) is 1. The highest BCUT2D eigenvalue weighted by atomic mass is 32.2. The maximum Gasteiger partial charge on any atom is 0.330 e. The van der Waals surface area contributed by atoms with Crippen molar-refractivity contribution in [2.24, 2.45) is 0 Å². The average Bonchev–Trinajstić information content (AvgIpc) is 2.82. The van der Waals surface area contributed by atoms with Crippen LogP contribution in [-0.4, -0.2) is 34.8 Å². The number of carbonyl (C=O) groups is 1. The normalized spacial score (nSPS) is 16.3. The molecule has 1 aliphatic carbocycles. The van der Waals surface area contributed by atoms with Crippen LogP contribution in [-0.2, 0) is 9.53 Å². The van der Waals surface area contributed by atoms with E-state index in [4.69, 9.17) is 4.74 Å². The van der Waals surface area contributed by atoms with Crippen molar-refractivity contribution in [3.8, 4) is 0 Å². The summed E-state index contributed by atoms with van der Waals surface area (Å²) in [5.74, 6) is 0.457. The molecule has 0 radical (unpaired) electrons. The van der Waals surface area contributed by atoms with Gasteiger partial charge in [-0.15, -0.1) is 0 Å². The van der Waals surface area contributed by atoms with Crippen molar-refractivity contribution in [3.63, 3.8) is 0 Å². The van der Waals surface area contributed by atoms with E-state index in [1.807, 2.05) is 6.26 Å². The molecule has 0 amide bonds. The molecule has 0 aliphatic heterocycles. The van der Waals surface area contributed by atoms with Crippen LogP contribution in [0.15, 0.2) is 17.4 Å². The summed E-state index contributed by atoms with van der Waals surface area (Å²) in [5.41, 5.74) is 0.820. The highest BCUT2D eigenvalue weighted by Crippen LogP contribution is 2.24. The molecular weight excluding hydrogens is 310 g/mol. The number of aromatic nitrogens is 2. The molecule has 0 unspecified atom stereocenters. The second kappa shape index (κ2) is 9.55. The van der Waals surface area contributed by atoms with Crippen molar-refractivity contribution >= 4 is 29.6 Å². The van der Waals surface area contributed by atoms with E-state index in [1.165, 1.54) is 56.4 Å². The smallest absolute Gasteiger partial charge is 0.330 e. The standard InChI is InChI=1S/C17H25N3O2S/c1-3-22-15(21)11-10-13-12-18-17(23-2)20-16(13)19-14-8-6-4-5-7-9-14/h10-12,14H,3-9H2,1-2H3,(H,18,19,20)/b11-10+. The topological polar surface area (TPSA) is 64.1 Å². The molecule has 6 heteroatoms. The fourth-order valence-corrected chi connectivity index (χ4v) is 3.02. The molecule has 0 saturated heterocycles. The summed E-state index contributed by atoms with van der Waals surface area (Å²) in [5, 5.41) is 4.28. The summed E-state index contributed by atoms with van der Waals surface area (Å²) < 4.78 is 4.92. The number of nitrogens with zero attached hydrogens (tertiary/aromatic N) is 2. The van der Waals surface area contributed by atoms with Crippen molar-refractivity contribution in [1.82, 2.24) is 9.97 Å². The molecule has 1 N–H and O–H groups in total. The zero-order valence-electron chi connectivity index (χ0n) is 13.9. The van der Waals surface area contributed by atoms with Crippen molar-refractivity contribution in [3.05, 3.63) is 17.8 Å². The van der Waals surface area contributed by atoms with Gasteiger partial charge in [0.15, 0.2) is 5.16 Å². The molecule has 1 saturated carbocycles. The molecule has 1 heterocycles. The predicted molar refractivity (Wildman–Crippen MR) is 94.6 cm³/mol. The van der Waals surface area contributed by atoms with Gasteiger partial charge >= 0.3 is 5.97 Å². The highest BCUT2D eigenvalue weighted by Gasteiger charge is 2.14. The van der Waals surface area contributed by atoms with Crippen LogP contribution in [0, 0.1) is 0 Å². The van der Waals surface area contributed by atoms with Gasteiger partial charge in [-0.25, -0.2) is 14.8 Å². The monoisotopic (exact) mass is 335 g/mol. The van der Waals surface area contributed by atoms with Crippen molar-refractivity contribution < 1.29 is 9.53 Å². The molecule has 126 valence electrons. The third-order valence-corrected chi connectivity index (χ3v) is 4.42. The molecule has 1 aliphatic rings. The van der Waals surface area contributed by atoms with Gasteiger partial charge in [0.2, 0.25) is 0 Å². The van der Waals surface area contributed by atoms with E-state index < -0.39 is 0 Å². The van der Waals surface area contributed by atoms with E-state index in [0.29, 0.717) is 12.6 Å². The Balaban J connectivity index is 2.15. The summed E-state index contributed by atoms with van der Waals surface area (Å²) >= 11 is 1.51. The van der Waals surface area contributed by atoms with Crippen LogP contribution >= 0.6 is 11.8 Å². The van der Waals surface area contributed by atoms with Crippen molar-refractivity contribution in [2.75, 3.05) is 18.2 Å². The Labute approximate surface area is 142 Å². The fraction of sp³-hybridized carbons (Fsp3) is 0.588. The molecule has 0 bridgehead atoms. The average molecular weight is 335 g/mol. The van der Waals surface area contributed by atoms with E-state index in [1.54, 1.807) is 19.2 Å². The quantitative estimate of drug-likeness (QED) is 0.280. The van der Waals surface area contributed by atoms with E-state index in [2.05, 4.69) is 15.3 Å². The lowest BCUT2D eigenvalue weighted by atomic mass is 10.1. The molecule has 1 aromatic heterocycles. The first-order valence-electron chi connectivity index (χ1n) is 8.25. The summed E-state index contributed by atoms with van der Waals surface area (Å²) in [6.45, 7) is 2.17. The Morgan fingerprint density at radius 1 is 1.39 bits per heavy atom. The van der Waals surface area contributed by atoms with Crippen LogP contribution in [0.1, 0.15) is 51.0 Å². The van der Waals surface area contributed by atoms with Gasteiger partial charge in [0.05, 0.1) is 6.61 Å². The Hall–Kier alpha value is -1.56. The molecule has 0 atom stereocenters. The third-order valence-electron chi connectivity index (χ3n) is 3.86. The minimum atomic E-state index is -0.346. The second-order valence-corrected chi connectivity index (χ2v) is 6.35. The van der Waals surface area contributed by atoms with Gasteiger partial charge < -0.3 is 10.1 Å². The van der Waals surface area contributed by atoms with Gasteiger partial charge in [0.1, 0.15) is 5.82 Å². The van der Waals surface area contributed by atoms with Gasteiger partial charge in [-0.2, -0.15) is 0 Å². The number of thioether (sulfide) groups is 1. The van der Waals surface area contributed by atoms with E-state index in [0.717, 1.165) is 16.5 Å². The number of nitrogens with one attached hydrogen (secondary N) is 1. The Kier molecular flexibility index (Phi) is 7.39. The zero-order valence-corrected chi connectivity index (χ0v) is 14.7. The lowest BCUT2D eigenvalue weighted by Gasteiger charge is -2.18. The Morgan fingerprint density at radius 2 is 2.13 bits per heavy atom. The van der Waals surface area contributed by atoms with E-state index in [-0.39, 0.29) is 5.97 Å². The Morgan fingerprint density at radius 3 is 2.78 bits per heavy atom. The number of anilines is 1. The summed E-state index contributed by atoms with van der Waals surface area (Å²) in [6, 6.07) is 0.442. The van der Waals surface area contributed by atoms with Gasteiger partial charge in [0, 0.05) is 23.9 Å². The first kappa shape index (κ1) is 17.8. The van der Waals surface area contributed by atoms with Gasteiger partial charge in [-0.3, -0.25) is 0 Å².